The summed E-state index contributed by atoms with van der Waals surface area (Å²) >= 11 is 0. The molecule has 1 fully saturated rings. The molecular weight excluding hydrogens is 302 g/mol. The molecule has 0 bridgehead atoms. The second kappa shape index (κ2) is 9.45. The van der Waals surface area contributed by atoms with Crippen molar-refractivity contribution < 1.29 is 18.3 Å². The van der Waals surface area contributed by atoms with E-state index < -0.39 is 6.61 Å². The van der Waals surface area contributed by atoms with Crippen LogP contribution in [0, 0.1) is 0 Å². The summed E-state index contributed by atoms with van der Waals surface area (Å²) in [4.78, 5) is 14.3. The molecule has 6 heteroatoms. The minimum absolute atomic E-state index is 0.0498. The van der Waals surface area contributed by atoms with Crippen molar-refractivity contribution in [3.63, 3.8) is 0 Å². The van der Waals surface area contributed by atoms with Crippen LogP contribution in [0.15, 0.2) is 24.3 Å². The molecule has 23 heavy (non-hydrogen) atoms. The Labute approximate surface area is 135 Å². The topological polar surface area (TPSA) is 41.6 Å². The second-order valence-electron chi connectivity index (χ2n) is 5.81. The standard InChI is InChI=1S/C17H24F2N2O2/c18-17(19)23-15-7-5-14(6-8-15)13-16(22)20-9-4-12-21-10-2-1-3-11-21/h5-8,17H,1-4,9-13H2,(H,20,22). The molecule has 4 nitrogen and oxygen atoms in total. The van der Waals surface area contributed by atoms with Crippen molar-refractivity contribution in [3.8, 4) is 5.75 Å². The summed E-state index contributed by atoms with van der Waals surface area (Å²) < 4.78 is 28.4. The summed E-state index contributed by atoms with van der Waals surface area (Å²) in [5, 5.41) is 2.90. The van der Waals surface area contributed by atoms with E-state index in [0.29, 0.717) is 6.54 Å². The molecule has 0 radical (unpaired) electrons. The van der Waals surface area contributed by atoms with Crippen LogP contribution in [-0.2, 0) is 11.2 Å². The first-order chi connectivity index (χ1) is 11.1. The number of benzene rings is 1. The Bertz CT molecular complexity index is 474. The van der Waals surface area contributed by atoms with Gasteiger partial charge in [-0.05, 0) is 56.6 Å². The number of carbonyl (C=O) groups excluding carboxylic acids is 1. The highest BCUT2D eigenvalue weighted by Crippen LogP contribution is 2.15. The molecule has 2 rings (SSSR count). The average Bonchev–Trinajstić information content (AvgIpc) is 2.54. The van der Waals surface area contributed by atoms with Crippen molar-refractivity contribution >= 4 is 5.91 Å². The summed E-state index contributed by atoms with van der Waals surface area (Å²) in [6, 6.07) is 6.16. The third-order valence-electron chi connectivity index (χ3n) is 3.94. The quantitative estimate of drug-likeness (QED) is 0.747. The molecule has 0 unspecified atom stereocenters. The minimum atomic E-state index is -2.83. The van der Waals surface area contributed by atoms with Gasteiger partial charge < -0.3 is 15.0 Å². The number of alkyl halides is 2. The van der Waals surface area contributed by atoms with Gasteiger partial charge in [-0.3, -0.25) is 4.79 Å². The fraction of sp³-hybridized carbons (Fsp3) is 0.588. The van der Waals surface area contributed by atoms with Crippen molar-refractivity contribution in [1.29, 1.82) is 0 Å². The Morgan fingerprint density at radius 2 is 1.87 bits per heavy atom. The number of hydrogen-bond donors (Lipinski definition) is 1. The molecule has 1 heterocycles. The van der Waals surface area contributed by atoms with E-state index in [4.69, 9.17) is 0 Å². The molecule has 0 aliphatic carbocycles. The lowest BCUT2D eigenvalue weighted by atomic mass is 10.1. The third kappa shape index (κ3) is 6.95. The van der Waals surface area contributed by atoms with E-state index in [1.54, 1.807) is 12.1 Å². The first-order valence-corrected chi connectivity index (χ1v) is 8.16. The van der Waals surface area contributed by atoms with Crippen LogP contribution in [0.5, 0.6) is 5.75 Å². The number of nitrogens with zero attached hydrogens (tertiary/aromatic N) is 1. The summed E-state index contributed by atoms with van der Waals surface area (Å²) in [5.41, 5.74) is 0.778. The van der Waals surface area contributed by atoms with Crippen molar-refractivity contribution in [2.24, 2.45) is 0 Å². The Balaban J connectivity index is 1.62. The number of likely N-dealkylation sites (tertiary alicyclic amines) is 1. The molecule has 0 atom stereocenters. The maximum atomic E-state index is 12.0. The van der Waals surface area contributed by atoms with E-state index in [2.05, 4.69) is 15.0 Å². The minimum Gasteiger partial charge on any atom is -0.435 e. The van der Waals surface area contributed by atoms with E-state index in [-0.39, 0.29) is 18.1 Å². The van der Waals surface area contributed by atoms with E-state index in [0.717, 1.165) is 18.5 Å². The van der Waals surface area contributed by atoms with E-state index in [1.165, 1.54) is 44.5 Å². The van der Waals surface area contributed by atoms with Crippen LogP contribution >= 0.6 is 0 Å². The van der Waals surface area contributed by atoms with Crippen LogP contribution in [0.3, 0.4) is 0 Å². The number of rotatable bonds is 8. The predicted octanol–water partition coefficient (Wildman–Crippen LogP) is 2.82. The second-order valence-corrected chi connectivity index (χ2v) is 5.81. The summed E-state index contributed by atoms with van der Waals surface area (Å²) in [6.45, 7) is 1.20. The van der Waals surface area contributed by atoms with Crippen molar-refractivity contribution in [2.45, 2.75) is 38.7 Å². The molecule has 1 saturated heterocycles. The lowest BCUT2D eigenvalue weighted by molar-refractivity contribution is -0.120. The molecule has 0 aromatic heterocycles. The van der Waals surface area contributed by atoms with Crippen LogP contribution in [-0.4, -0.2) is 43.6 Å². The Morgan fingerprint density at radius 3 is 2.52 bits per heavy atom. The normalized spacial score (nSPS) is 15.6. The van der Waals surface area contributed by atoms with Gasteiger partial charge in [-0.1, -0.05) is 18.6 Å². The molecule has 0 saturated carbocycles. The number of ether oxygens (including phenoxy) is 1. The van der Waals surface area contributed by atoms with Crippen LogP contribution in [0.1, 0.15) is 31.2 Å². The maximum Gasteiger partial charge on any atom is 0.387 e. The highest BCUT2D eigenvalue weighted by Gasteiger charge is 2.10. The van der Waals surface area contributed by atoms with Crippen LogP contribution in [0.4, 0.5) is 8.78 Å². The number of halogens is 2. The van der Waals surface area contributed by atoms with Gasteiger partial charge in [-0.15, -0.1) is 0 Å². The van der Waals surface area contributed by atoms with Gasteiger partial charge in [0, 0.05) is 6.54 Å². The smallest absolute Gasteiger partial charge is 0.387 e. The predicted molar refractivity (Wildman–Crippen MR) is 84.7 cm³/mol. The number of amides is 1. The van der Waals surface area contributed by atoms with Gasteiger partial charge in [-0.25, -0.2) is 0 Å². The lowest BCUT2D eigenvalue weighted by Crippen LogP contribution is -2.33. The zero-order valence-corrected chi connectivity index (χ0v) is 13.3. The summed E-state index contributed by atoms with van der Waals surface area (Å²) in [5.74, 6) is 0.0526. The molecule has 1 aliphatic heterocycles. The molecule has 1 aromatic carbocycles. The largest absolute Gasteiger partial charge is 0.435 e. The average molecular weight is 326 g/mol. The van der Waals surface area contributed by atoms with Gasteiger partial charge in [0.1, 0.15) is 5.75 Å². The fourth-order valence-electron chi connectivity index (χ4n) is 2.75. The van der Waals surface area contributed by atoms with Gasteiger partial charge >= 0.3 is 6.61 Å². The Kier molecular flexibility index (Phi) is 7.26. The van der Waals surface area contributed by atoms with E-state index in [1.807, 2.05) is 0 Å². The highest BCUT2D eigenvalue weighted by atomic mass is 19.3. The van der Waals surface area contributed by atoms with Crippen LogP contribution < -0.4 is 10.1 Å². The van der Waals surface area contributed by atoms with Gasteiger partial charge in [0.05, 0.1) is 6.42 Å². The zero-order valence-electron chi connectivity index (χ0n) is 13.3. The fourth-order valence-corrected chi connectivity index (χ4v) is 2.75. The Hall–Kier alpha value is -1.69. The Morgan fingerprint density at radius 1 is 1.17 bits per heavy atom. The SMILES string of the molecule is O=C(Cc1ccc(OC(F)F)cc1)NCCCN1CCCCC1. The number of hydrogen-bond acceptors (Lipinski definition) is 3. The van der Waals surface area contributed by atoms with Gasteiger partial charge in [0.2, 0.25) is 5.91 Å². The maximum absolute atomic E-state index is 12.0. The first-order valence-electron chi connectivity index (χ1n) is 8.16. The lowest BCUT2D eigenvalue weighted by Gasteiger charge is -2.26. The van der Waals surface area contributed by atoms with E-state index in [9.17, 15) is 13.6 Å². The molecule has 128 valence electrons. The third-order valence-corrected chi connectivity index (χ3v) is 3.94. The number of carbonyl (C=O) groups is 1. The van der Waals surface area contributed by atoms with Crippen molar-refractivity contribution in [3.05, 3.63) is 29.8 Å². The van der Waals surface area contributed by atoms with Crippen LogP contribution in [0.25, 0.3) is 0 Å². The highest BCUT2D eigenvalue weighted by molar-refractivity contribution is 5.78. The van der Waals surface area contributed by atoms with Gasteiger partial charge in [0.15, 0.2) is 0 Å². The van der Waals surface area contributed by atoms with Gasteiger partial charge in [0.25, 0.3) is 0 Å². The number of piperidine rings is 1. The molecule has 1 aliphatic rings. The molecule has 0 spiro atoms. The first kappa shape index (κ1) is 17.7. The van der Waals surface area contributed by atoms with E-state index >= 15 is 0 Å². The summed E-state index contributed by atoms with van der Waals surface area (Å²) in [6.07, 6.45) is 5.08. The monoisotopic (exact) mass is 326 g/mol. The number of nitrogens with one attached hydrogen (secondary N) is 1. The molecular formula is C17H24F2N2O2. The molecule has 1 amide bonds. The van der Waals surface area contributed by atoms with Crippen LogP contribution in [0.2, 0.25) is 0 Å². The van der Waals surface area contributed by atoms with Gasteiger partial charge in [-0.2, -0.15) is 8.78 Å². The summed E-state index contributed by atoms with van der Waals surface area (Å²) in [7, 11) is 0. The molecule has 1 N–H and O–H groups in total. The van der Waals surface area contributed by atoms with Crippen molar-refractivity contribution in [1.82, 2.24) is 10.2 Å². The zero-order chi connectivity index (χ0) is 16.5. The molecule has 1 aromatic rings. The van der Waals surface area contributed by atoms with Crippen molar-refractivity contribution in [2.75, 3.05) is 26.2 Å².